The van der Waals surface area contributed by atoms with E-state index < -0.39 is 0 Å². The maximum absolute atomic E-state index is 11.4. The second-order valence-electron chi connectivity index (χ2n) is 5.45. The van der Waals surface area contributed by atoms with E-state index in [1.807, 2.05) is 6.07 Å². The summed E-state index contributed by atoms with van der Waals surface area (Å²) in [6, 6.07) is 6.23. The molecular weight excluding hydrogens is 214 g/mol. The molecule has 0 unspecified atom stereocenters. The second-order valence-corrected chi connectivity index (χ2v) is 5.45. The molecule has 92 valence electrons. The monoisotopic (exact) mass is 233 g/mol. The highest BCUT2D eigenvalue weighted by Crippen LogP contribution is 2.38. The van der Waals surface area contributed by atoms with Crippen LogP contribution in [0.15, 0.2) is 18.2 Å². The average Bonchev–Trinajstić information content (AvgIpc) is 2.23. The van der Waals surface area contributed by atoms with Gasteiger partial charge in [-0.15, -0.1) is 0 Å². The van der Waals surface area contributed by atoms with Crippen LogP contribution < -0.4 is 5.32 Å². The summed E-state index contributed by atoms with van der Waals surface area (Å²) in [5.41, 5.74) is 3.55. The van der Waals surface area contributed by atoms with Crippen molar-refractivity contribution in [3.63, 3.8) is 0 Å². The van der Waals surface area contributed by atoms with E-state index in [2.05, 4.69) is 45.1 Å². The molecule has 1 heterocycles. The standard InChI is InChI=1S/C14H19NO2/c1-9-6-5-7-10(2)11(9)12-14(3,4)8-17-13(16)15-12/h5-7,12H,8H2,1-4H3,(H,15,16)/t12-/m0/s1. The van der Waals surface area contributed by atoms with Crippen LogP contribution in [0.5, 0.6) is 0 Å². The maximum Gasteiger partial charge on any atom is 0.407 e. The summed E-state index contributed by atoms with van der Waals surface area (Å²) < 4.78 is 5.07. The Bertz CT molecular complexity index is 431. The smallest absolute Gasteiger partial charge is 0.407 e. The summed E-state index contributed by atoms with van der Waals surface area (Å²) >= 11 is 0. The fourth-order valence-electron chi connectivity index (χ4n) is 2.44. The Labute approximate surface area is 102 Å². The normalized spacial score (nSPS) is 22.8. The zero-order chi connectivity index (χ0) is 12.6. The number of benzene rings is 1. The van der Waals surface area contributed by atoms with Gasteiger partial charge in [0.25, 0.3) is 0 Å². The van der Waals surface area contributed by atoms with Crippen LogP contribution in [0.25, 0.3) is 0 Å². The van der Waals surface area contributed by atoms with Crippen molar-refractivity contribution in [2.24, 2.45) is 5.41 Å². The zero-order valence-electron chi connectivity index (χ0n) is 10.8. The van der Waals surface area contributed by atoms with Crippen molar-refractivity contribution in [3.8, 4) is 0 Å². The van der Waals surface area contributed by atoms with Crippen molar-refractivity contribution in [2.75, 3.05) is 6.61 Å². The molecule has 1 amide bonds. The lowest BCUT2D eigenvalue weighted by molar-refractivity contribution is 0.0384. The first-order valence-corrected chi connectivity index (χ1v) is 5.91. The largest absolute Gasteiger partial charge is 0.449 e. The van der Waals surface area contributed by atoms with Gasteiger partial charge in [0.2, 0.25) is 0 Å². The number of hydrogen-bond acceptors (Lipinski definition) is 2. The summed E-state index contributed by atoms with van der Waals surface area (Å²) in [5, 5.41) is 2.94. The van der Waals surface area contributed by atoms with Gasteiger partial charge in [0.1, 0.15) is 6.61 Å². The molecule has 0 radical (unpaired) electrons. The molecule has 1 aromatic rings. The van der Waals surface area contributed by atoms with Crippen molar-refractivity contribution in [3.05, 3.63) is 34.9 Å². The fourth-order valence-corrected chi connectivity index (χ4v) is 2.44. The van der Waals surface area contributed by atoms with Crippen LogP contribution in [0.2, 0.25) is 0 Å². The average molecular weight is 233 g/mol. The molecule has 0 spiro atoms. The SMILES string of the molecule is Cc1cccc(C)c1[C@@H]1NC(=O)OCC1(C)C. The molecule has 1 aromatic carbocycles. The molecule has 2 rings (SSSR count). The Kier molecular flexibility index (Phi) is 2.86. The number of alkyl carbamates (subject to hydrolysis) is 1. The Hall–Kier alpha value is -1.51. The summed E-state index contributed by atoms with van der Waals surface area (Å²) in [4.78, 5) is 11.4. The van der Waals surface area contributed by atoms with Gasteiger partial charge in [-0.05, 0) is 30.5 Å². The lowest BCUT2D eigenvalue weighted by atomic mass is 9.77. The molecule has 0 aliphatic carbocycles. The topological polar surface area (TPSA) is 38.3 Å². The molecule has 1 aliphatic heterocycles. The highest BCUT2D eigenvalue weighted by atomic mass is 16.6. The van der Waals surface area contributed by atoms with Crippen molar-refractivity contribution in [1.82, 2.24) is 5.32 Å². The van der Waals surface area contributed by atoms with E-state index >= 15 is 0 Å². The first kappa shape index (κ1) is 12.0. The summed E-state index contributed by atoms with van der Waals surface area (Å²) in [6.45, 7) is 8.85. The lowest BCUT2D eigenvalue weighted by Gasteiger charge is -2.39. The predicted molar refractivity (Wildman–Crippen MR) is 66.9 cm³/mol. The van der Waals surface area contributed by atoms with E-state index in [1.54, 1.807) is 0 Å². The molecule has 17 heavy (non-hydrogen) atoms. The van der Waals surface area contributed by atoms with Gasteiger partial charge >= 0.3 is 6.09 Å². The van der Waals surface area contributed by atoms with Gasteiger partial charge in [0.15, 0.2) is 0 Å². The minimum atomic E-state index is -0.322. The highest BCUT2D eigenvalue weighted by Gasteiger charge is 2.39. The number of ether oxygens (including phenoxy) is 1. The minimum absolute atomic E-state index is 0.0185. The number of amides is 1. The molecule has 3 nitrogen and oxygen atoms in total. The Morgan fingerprint density at radius 2 is 1.88 bits per heavy atom. The third kappa shape index (κ3) is 2.14. The van der Waals surface area contributed by atoms with Gasteiger partial charge in [-0.2, -0.15) is 0 Å². The number of carbonyl (C=O) groups is 1. The Morgan fingerprint density at radius 1 is 1.29 bits per heavy atom. The van der Waals surface area contributed by atoms with Gasteiger partial charge in [-0.3, -0.25) is 0 Å². The van der Waals surface area contributed by atoms with Gasteiger partial charge in [0.05, 0.1) is 6.04 Å². The third-order valence-corrected chi connectivity index (χ3v) is 3.45. The first-order valence-electron chi connectivity index (χ1n) is 5.91. The predicted octanol–water partition coefficient (Wildman–Crippen LogP) is 3.11. The molecule has 0 saturated carbocycles. The first-order chi connectivity index (χ1) is 7.92. The summed E-state index contributed by atoms with van der Waals surface area (Å²) in [7, 11) is 0. The molecular formula is C14H19NO2. The number of cyclic esters (lactones) is 1. The van der Waals surface area contributed by atoms with E-state index in [-0.39, 0.29) is 17.6 Å². The molecule has 3 heteroatoms. The summed E-state index contributed by atoms with van der Waals surface area (Å²) in [6.07, 6.45) is -0.322. The van der Waals surface area contributed by atoms with Gasteiger partial charge in [-0.25, -0.2) is 4.79 Å². The quantitative estimate of drug-likeness (QED) is 0.809. The number of hydrogen-bond donors (Lipinski definition) is 1. The molecule has 0 bridgehead atoms. The van der Waals surface area contributed by atoms with Crippen LogP contribution in [-0.2, 0) is 4.74 Å². The number of nitrogens with one attached hydrogen (secondary N) is 1. The van der Waals surface area contributed by atoms with Crippen LogP contribution in [0.1, 0.15) is 36.6 Å². The van der Waals surface area contributed by atoms with Crippen molar-refractivity contribution < 1.29 is 9.53 Å². The van der Waals surface area contributed by atoms with Crippen molar-refractivity contribution in [2.45, 2.75) is 33.7 Å². The van der Waals surface area contributed by atoms with Gasteiger partial charge in [-0.1, -0.05) is 32.0 Å². The fraction of sp³-hybridized carbons (Fsp3) is 0.500. The van der Waals surface area contributed by atoms with E-state index in [9.17, 15) is 4.79 Å². The molecule has 1 fully saturated rings. The van der Waals surface area contributed by atoms with E-state index in [4.69, 9.17) is 4.74 Å². The van der Waals surface area contributed by atoms with E-state index in [1.165, 1.54) is 16.7 Å². The van der Waals surface area contributed by atoms with Crippen molar-refractivity contribution >= 4 is 6.09 Å². The number of carbonyl (C=O) groups excluding carboxylic acids is 1. The number of aryl methyl sites for hydroxylation is 2. The molecule has 0 aromatic heterocycles. The van der Waals surface area contributed by atoms with Crippen molar-refractivity contribution in [1.29, 1.82) is 0 Å². The molecule has 1 N–H and O–H groups in total. The third-order valence-electron chi connectivity index (χ3n) is 3.45. The lowest BCUT2D eigenvalue weighted by Crippen LogP contribution is -2.47. The second kappa shape index (κ2) is 4.06. The minimum Gasteiger partial charge on any atom is -0.449 e. The van der Waals surface area contributed by atoms with Gasteiger partial charge in [0, 0.05) is 5.41 Å². The van der Waals surface area contributed by atoms with Crippen LogP contribution in [0, 0.1) is 19.3 Å². The maximum atomic E-state index is 11.4. The van der Waals surface area contributed by atoms with Crippen LogP contribution in [0.3, 0.4) is 0 Å². The van der Waals surface area contributed by atoms with Crippen LogP contribution >= 0.6 is 0 Å². The van der Waals surface area contributed by atoms with E-state index in [0.29, 0.717) is 6.61 Å². The zero-order valence-corrected chi connectivity index (χ0v) is 10.8. The van der Waals surface area contributed by atoms with Gasteiger partial charge < -0.3 is 10.1 Å². The van der Waals surface area contributed by atoms with Crippen LogP contribution in [-0.4, -0.2) is 12.7 Å². The van der Waals surface area contributed by atoms with Crippen LogP contribution in [0.4, 0.5) is 4.79 Å². The number of rotatable bonds is 1. The summed E-state index contributed by atoms with van der Waals surface area (Å²) in [5.74, 6) is 0. The molecule has 1 aliphatic rings. The van der Waals surface area contributed by atoms with E-state index in [0.717, 1.165) is 0 Å². The molecule has 1 atom stereocenters. The molecule has 1 saturated heterocycles. The Morgan fingerprint density at radius 3 is 2.47 bits per heavy atom. The Balaban J connectivity index is 2.46. The highest BCUT2D eigenvalue weighted by molar-refractivity contribution is 5.69.